The molecule has 1 aliphatic heterocycles. The number of hydrogen-bond acceptors (Lipinski definition) is 5. The van der Waals surface area contributed by atoms with Crippen molar-refractivity contribution in [3.63, 3.8) is 0 Å². The maximum Gasteiger partial charge on any atom is 0.331 e. The van der Waals surface area contributed by atoms with Crippen molar-refractivity contribution in [3.8, 4) is 11.5 Å². The first kappa shape index (κ1) is 14.4. The molecule has 106 valence electrons. The van der Waals surface area contributed by atoms with Crippen molar-refractivity contribution in [2.75, 3.05) is 19.4 Å². The highest BCUT2D eigenvalue weighted by molar-refractivity contribution is 7.53. The van der Waals surface area contributed by atoms with Crippen LogP contribution in [0, 0.1) is 5.41 Å². The molecular weight excluding hydrogens is 267 g/mol. The molecule has 1 aromatic carbocycles. The first-order valence-corrected chi connectivity index (χ1v) is 7.92. The molecule has 1 aliphatic rings. The standard InChI is InChI=1S/C13H19O5P/c1-13(2)8-17-19(16,18-9-13)6-5-10-3-4-11(14)7-12(10)15/h3-4,7,14-15H,5-6,8-9H2,1-2H3. The van der Waals surface area contributed by atoms with Gasteiger partial charge in [0.05, 0.1) is 19.4 Å². The van der Waals surface area contributed by atoms with Gasteiger partial charge in [0.25, 0.3) is 0 Å². The summed E-state index contributed by atoms with van der Waals surface area (Å²) >= 11 is 0. The van der Waals surface area contributed by atoms with Crippen molar-refractivity contribution < 1.29 is 23.8 Å². The zero-order valence-corrected chi connectivity index (χ0v) is 12.0. The molecule has 0 saturated carbocycles. The smallest absolute Gasteiger partial charge is 0.331 e. The average Bonchev–Trinajstić information content (AvgIpc) is 2.33. The Morgan fingerprint density at radius 3 is 2.47 bits per heavy atom. The molecule has 1 heterocycles. The largest absolute Gasteiger partial charge is 0.508 e. The molecule has 1 saturated heterocycles. The lowest BCUT2D eigenvalue weighted by molar-refractivity contribution is 0.0416. The predicted octanol–water partition coefficient (Wildman–Crippen LogP) is 2.91. The zero-order chi connectivity index (χ0) is 14.1. The summed E-state index contributed by atoms with van der Waals surface area (Å²) < 4.78 is 23.0. The van der Waals surface area contributed by atoms with E-state index in [4.69, 9.17) is 9.05 Å². The molecule has 0 amide bonds. The van der Waals surface area contributed by atoms with Gasteiger partial charge in [-0.1, -0.05) is 19.9 Å². The Balaban J connectivity index is 1.97. The first-order chi connectivity index (χ1) is 8.80. The van der Waals surface area contributed by atoms with Crippen LogP contribution in [0.4, 0.5) is 0 Å². The summed E-state index contributed by atoms with van der Waals surface area (Å²) in [6.07, 6.45) is 0.602. The number of aromatic hydroxyl groups is 2. The van der Waals surface area contributed by atoms with Gasteiger partial charge < -0.3 is 19.3 Å². The Labute approximate surface area is 112 Å². The van der Waals surface area contributed by atoms with Crippen LogP contribution >= 0.6 is 7.60 Å². The number of benzene rings is 1. The van der Waals surface area contributed by atoms with Crippen LogP contribution in [-0.4, -0.2) is 29.6 Å². The average molecular weight is 286 g/mol. The molecule has 0 aliphatic carbocycles. The third-order valence-corrected chi connectivity index (χ3v) is 4.84. The fraction of sp³-hybridized carbons (Fsp3) is 0.538. The molecule has 0 spiro atoms. The van der Waals surface area contributed by atoms with Gasteiger partial charge in [-0.3, -0.25) is 4.57 Å². The van der Waals surface area contributed by atoms with Crippen LogP contribution in [0.1, 0.15) is 19.4 Å². The van der Waals surface area contributed by atoms with E-state index in [2.05, 4.69) is 0 Å². The van der Waals surface area contributed by atoms with E-state index in [1.165, 1.54) is 12.1 Å². The van der Waals surface area contributed by atoms with Gasteiger partial charge in [0, 0.05) is 11.5 Å². The molecule has 0 radical (unpaired) electrons. The fourth-order valence-electron chi connectivity index (χ4n) is 1.78. The lowest BCUT2D eigenvalue weighted by Crippen LogP contribution is -2.30. The highest BCUT2D eigenvalue weighted by atomic mass is 31.2. The van der Waals surface area contributed by atoms with E-state index in [-0.39, 0.29) is 23.1 Å². The summed E-state index contributed by atoms with van der Waals surface area (Å²) in [5, 5.41) is 18.9. The minimum Gasteiger partial charge on any atom is -0.508 e. The molecule has 0 unspecified atom stereocenters. The van der Waals surface area contributed by atoms with Crippen LogP contribution < -0.4 is 0 Å². The zero-order valence-electron chi connectivity index (χ0n) is 11.1. The summed E-state index contributed by atoms with van der Waals surface area (Å²) in [6.45, 7) is 4.79. The van der Waals surface area contributed by atoms with Gasteiger partial charge in [-0.05, 0) is 18.1 Å². The Hall–Kier alpha value is -1.03. The second kappa shape index (κ2) is 5.16. The molecule has 1 aromatic rings. The van der Waals surface area contributed by atoms with Gasteiger partial charge in [0.1, 0.15) is 11.5 Å². The molecule has 0 atom stereocenters. The van der Waals surface area contributed by atoms with Crippen LogP contribution in [0.5, 0.6) is 11.5 Å². The fourth-order valence-corrected chi connectivity index (χ4v) is 3.72. The predicted molar refractivity (Wildman–Crippen MR) is 71.6 cm³/mol. The van der Waals surface area contributed by atoms with E-state index < -0.39 is 7.60 Å². The topological polar surface area (TPSA) is 76.0 Å². The number of hydrogen-bond donors (Lipinski definition) is 2. The van der Waals surface area contributed by atoms with E-state index in [9.17, 15) is 14.8 Å². The van der Waals surface area contributed by atoms with Crippen molar-refractivity contribution >= 4 is 7.60 Å². The Bertz CT molecular complexity index is 498. The summed E-state index contributed by atoms with van der Waals surface area (Å²) in [5.74, 6) is -0.0104. The molecule has 1 fully saturated rings. The normalized spacial score (nSPS) is 21.2. The van der Waals surface area contributed by atoms with Gasteiger partial charge in [0.2, 0.25) is 0 Å². The van der Waals surface area contributed by atoms with Gasteiger partial charge in [0.15, 0.2) is 0 Å². The van der Waals surface area contributed by atoms with Gasteiger partial charge in [-0.25, -0.2) is 0 Å². The van der Waals surface area contributed by atoms with E-state index >= 15 is 0 Å². The highest BCUT2D eigenvalue weighted by Crippen LogP contribution is 2.54. The highest BCUT2D eigenvalue weighted by Gasteiger charge is 2.36. The van der Waals surface area contributed by atoms with E-state index in [0.717, 1.165) is 0 Å². The lowest BCUT2D eigenvalue weighted by Gasteiger charge is -2.34. The quantitative estimate of drug-likeness (QED) is 0.835. The number of phenols is 2. The minimum atomic E-state index is -3.06. The Morgan fingerprint density at radius 2 is 1.89 bits per heavy atom. The first-order valence-electron chi connectivity index (χ1n) is 6.19. The van der Waals surface area contributed by atoms with Crippen molar-refractivity contribution in [2.45, 2.75) is 20.3 Å². The number of aryl methyl sites for hydroxylation is 1. The van der Waals surface area contributed by atoms with Crippen LogP contribution in [0.2, 0.25) is 0 Å². The molecule has 5 nitrogen and oxygen atoms in total. The molecule has 2 rings (SSSR count). The monoisotopic (exact) mass is 286 g/mol. The summed E-state index contributed by atoms with van der Waals surface area (Å²) in [4.78, 5) is 0. The molecule has 6 heteroatoms. The van der Waals surface area contributed by atoms with Crippen LogP contribution in [-0.2, 0) is 20.0 Å². The Kier molecular flexibility index (Phi) is 3.90. The van der Waals surface area contributed by atoms with Crippen molar-refractivity contribution in [2.24, 2.45) is 5.41 Å². The van der Waals surface area contributed by atoms with Crippen LogP contribution in [0.25, 0.3) is 0 Å². The summed E-state index contributed by atoms with van der Waals surface area (Å²) in [7, 11) is -3.06. The molecule has 0 aromatic heterocycles. The van der Waals surface area contributed by atoms with Crippen molar-refractivity contribution in [1.82, 2.24) is 0 Å². The number of phenolic OH excluding ortho intramolecular Hbond substituents is 2. The SMILES string of the molecule is CC1(C)COP(=O)(CCc2ccc(O)cc2O)OC1. The second-order valence-corrected chi connectivity index (χ2v) is 7.79. The van der Waals surface area contributed by atoms with Crippen LogP contribution in [0.15, 0.2) is 18.2 Å². The van der Waals surface area contributed by atoms with Gasteiger partial charge >= 0.3 is 7.60 Å². The van der Waals surface area contributed by atoms with E-state index in [1.54, 1.807) is 6.07 Å². The summed E-state index contributed by atoms with van der Waals surface area (Å²) in [6, 6.07) is 4.35. The minimum absolute atomic E-state index is 0.000186. The maximum absolute atomic E-state index is 12.3. The summed E-state index contributed by atoms with van der Waals surface area (Å²) in [5.41, 5.74) is 0.499. The lowest BCUT2D eigenvalue weighted by atomic mass is 9.97. The number of rotatable bonds is 3. The van der Waals surface area contributed by atoms with Crippen LogP contribution in [0.3, 0.4) is 0 Å². The van der Waals surface area contributed by atoms with E-state index in [0.29, 0.717) is 25.2 Å². The third-order valence-electron chi connectivity index (χ3n) is 3.03. The molecule has 2 N–H and O–H groups in total. The second-order valence-electron chi connectivity index (χ2n) is 5.61. The third kappa shape index (κ3) is 3.72. The maximum atomic E-state index is 12.3. The van der Waals surface area contributed by atoms with E-state index in [1.807, 2.05) is 13.8 Å². The van der Waals surface area contributed by atoms with Gasteiger partial charge in [-0.2, -0.15) is 0 Å². The van der Waals surface area contributed by atoms with Crippen molar-refractivity contribution in [1.29, 1.82) is 0 Å². The molecular formula is C13H19O5P. The van der Waals surface area contributed by atoms with Crippen molar-refractivity contribution in [3.05, 3.63) is 23.8 Å². The Morgan fingerprint density at radius 1 is 1.26 bits per heavy atom. The molecule has 19 heavy (non-hydrogen) atoms. The molecule has 0 bridgehead atoms. The van der Waals surface area contributed by atoms with Gasteiger partial charge in [-0.15, -0.1) is 0 Å².